The summed E-state index contributed by atoms with van der Waals surface area (Å²) in [7, 11) is -3.31. The molecule has 5 heteroatoms. The van der Waals surface area contributed by atoms with Crippen molar-refractivity contribution in [1.82, 2.24) is 0 Å². The second-order valence-corrected chi connectivity index (χ2v) is 6.85. The summed E-state index contributed by atoms with van der Waals surface area (Å²) < 4.78 is 24.4. The smallest absolute Gasteiger partial charge is 0.183 e. The van der Waals surface area contributed by atoms with E-state index in [0.717, 1.165) is 10.4 Å². The monoisotopic (exact) mass is 267 g/mol. The van der Waals surface area contributed by atoms with Crippen LogP contribution in [-0.4, -0.2) is 8.42 Å². The van der Waals surface area contributed by atoms with Gasteiger partial charge in [0.05, 0.1) is 10.6 Å². The first-order valence-corrected chi connectivity index (χ1v) is 7.63. The normalized spacial score (nSPS) is 11.6. The second-order valence-electron chi connectivity index (χ2n) is 3.86. The van der Waals surface area contributed by atoms with Crippen molar-refractivity contribution in [3.05, 3.63) is 46.2 Å². The molecule has 1 aromatic carbocycles. The van der Waals surface area contributed by atoms with Crippen LogP contribution in [0.2, 0.25) is 0 Å². The van der Waals surface area contributed by atoms with Gasteiger partial charge in [-0.25, -0.2) is 8.42 Å². The molecule has 2 aromatic rings. The summed E-state index contributed by atoms with van der Waals surface area (Å²) in [5.74, 6) is 0.0367. The van der Waals surface area contributed by atoms with E-state index in [1.165, 1.54) is 17.4 Å². The number of nitrogens with two attached hydrogens (primary N) is 1. The van der Waals surface area contributed by atoms with Crippen molar-refractivity contribution < 1.29 is 8.42 Å². The van der Waals surface area contributed by atoms with E-state index in [1.54, 1.807) is 19.1 Å². The molecule has 0 radical (unpaired) electrons. The fourth-order valence-electron chi connectivity index (χ4n) is 1.61. The zero-order valence-corrected chi connectivity index (χ0v) is 11.0. The Balaban J connectivity index is 2.41. The van der Waals surface area contributed by atoms with E-state index in [2.05, 4.69) is 0 Å². The molecule has 3 nitrogen and oxygen atoms in total. The number of aryl methyl sites for hydroxylation is 1. The van der Waals surface area contributed by atoms with Crippen LogP contribution in [0.25, 0.3) is 0 Å². The molecule has 0 unspecified atom stereocenters. The summed E-state index contributed by atoms with van der Waals surface area (Å²) in [5.41, 5.74) is 6.84. The number of sulfone groups is 1. The van der Waals surface area contributed by atoms with Gasteiger partial charge in [-0.1, -0.05) is 12.1 Å². The number of rotatable bonds is 3. The van der Waals surface area contributed by atoms with Crippen LogP contribution >= 0.6 is 11.3 Å². The summed E-state index contributed by atoms with van der Waals surface area (Å²) in [6.45, 7) is 1.78. The van der Waals surface area contributed by atoms with Crippen molar-refractivity contribution in [3.8, 4) is 0 Å². The van der Waals surface area contributed by atoms with Gasteiger partial charge in [0.25, 0.3) is 0 Å². The van der Waals surface area contributed by atoms with Crippen molar-refractivity contribution in [2.45, 2.75) is 17.6 Å². The third-order valence-corrected chi connectivity index (χ3v) is 5.32. The van der Waals surface area contributed by atoms with Gasteiger partial charge in [0, 0.05) is 10.6 Å². The van der Waals surface area contributed by atoms with Gasteiger partial charge in [0.2, 0.25) is 0 Å². The Morgan fingerprint density at radius 1 is 1.29 bits per heavy atom. The topological polar surface area (TPSA) is 60.2 Å². The number of benzene rings is 1. The van der Waals surface area contributed by atoms with Gasteiger partial charge >= 0.3 is 0 Å². The summed E-state index contributed by atoms with van der Waals surface area (Å²) >= 11 is 1.44. The highest BCUT2D eigenvalue weighted by molar-refractivity contribution is 7.90. The van der Waals surface area contributed by atoms with Crippen molar-refractivity contribution in [1.29, 1.82) is 0 Å². The van der Waals surface area contributed by atoms with Crippen molar-refractivity contribution in [2.24, 2.45) is 0 Å². The molecule has 0 spiro atoms. The first kappa shape index (κ1) is 12.1. The van der Waals surface area contributed by atoms with E-state index in [0.29, 0.717) is 10.6 Å². The van der Waals surface area contributed by atoms with Crippen molar-refractivity contribution >= 4 is 26.9 Å². The zero-order chi connectivity index (χ0) is 12.5. The summed E-state index contributed by atoms with van der Waals surface area (Å²) in [5, 5.41) is 1.87. The van der Waals surface area contributed by atoms with Crippen LogP contribution in [-0.2, 0) is 15.6 Å². The number of hydrogen-bond donors (Lipinski definition) is 1. The molecule has 0 amide bonds. The predicted octanol–water partition coefficient (Wildman–Crippen LogP) is 2.61. The van der Waals surface area contributed by atoms with Crippen molar-refractivity contribution in [2.75, 3.05) is 5.73 Å². The molecule has 2 N–H and O–H groups in total. The maximum atomic E-state index is 12.2. The van der Waals surface area contributed by atoms with Crippen LogP contribution < -0.4 is 5.73 Å². The van der Waals surface area contributed by atoms with Gasteiger partial charge < -0.3 is 5.73 Å². The average Bonchev–Trinajstić information content (AvgIpc) is 2.73. The van der Waals surface area contributed by atoms with E-state index in [-0.39, 0.29) is 5.75 Å². The highest BCUT2D eigenvalue weighted by atomic mass is 32.2. The van der Waals surface area contributed by atoms with Gasteiger partial charge in [0.1, 0.15) is 0 Å². The van der Waals surface area contributed by atoms with Gasteiger partial charge in [-0.3, -0.25) is 0 Å². The van der Waals surface area contributed by atoms with Crippen LogP contribution in [0.3, 0.4) is 0 Å². The van der Waals surface area contributed by atoms with Gasteiger partial charge in [-0.15, -0.1) is 11.3 Å². The van der Waals surface area contributed by atoms with Crippen LogP contribution in [0.4, 0.5) is 5.69 Å². The minimum absolute atomic E-state index is 0.0367. The van der Waals surface area contributed by atoms with Crippen LogP contribution in [0.5, 0.6) is 0 Å². The molecule has 1 aromatic heterocycles. The zero-order valence-electron chi connectivity index (χ0n) is 9.38. The largest absolute Gasteiger partial charge is 0.399 e. The molecule has 0 aliphatic heterocycles. The molecule has 0 aliphatic rings. The van der Waals surface area contributed by atoms with Gasteiger partial charge in [-0.05, 0) is 36.1 Å². The number of hydrogen-bond acceptors (Lipinski definition) is 4. The quantitative estimate of drug-likeness (QED) is 0.870. The lowest BCUT2D eigenvalue weighted by Gasteiger charge is -2.07. The fraction of sp³-hybridized carbons (Fsp3) is 0.167. The predicted molar refractivity (Wildman–Crippen MR) is 70.8 cm³/mol. The van der Waals surface area contributed by atoms with E-state index < -0.39 is 9.84 Å². The first-order chi connectivity index (χ1) is 7.99. The molecule has 0 aliphatic carbocycles. The number of thiophene rings is 1. The summed E-state index contributed by atoms with van der Waals surface area (Å²) in [6, 6.07) is 8.64. The number of anilines is 1. The Morgan fingerprint density at radius 2 is 2.06 bits per heavy atom. The molecule has 0 fully saturated rings. The molecular weight excluding hydrogens is 254 g/mol. The molecule has 1 heterocycles. The molecule has 2 rings (SSSR count). The molecule has 0 atom stereocenters. The average molecular weight is 267 g/mol. The Bertz CT molecular complexity index is 616. The maximum absolute atomic E-state index is 12.2. The summed E-state index contributed by atoms with van der Waals surface area (Å²) in [6.07, 6.45) is 0. The van der Waals surface area contributed by atoms with Crippen LogP contribution in [0.1, 0.15) is 10.4 Å². The maximum Gasteiger partial charge on any atom is 0.183 e. The SMILES string of the molecule is Cc1ccc(N)cc1S(=O)(=O)Cc1cccs1. The van der Waals surface area contributed by atoms with E-state index in [9.17, 15) is 8.42 Å². The molecular formula is C12H13NO2S2. The standard InChI is InChI=1S/C12H13NO2S2/c1-9-4-5-10(13)7-12(9)17(14,15)8-11-3-2-6-16-11/h2-7H,8,13H2,1H3. The fourth-order valence-corrected chi connectivity index (χ4v) is 4.34. The lowest BCUT2D eigenvalue weighted by molar-refractivity contribution is 0.595. The summed E-state index contributed by atoms with van der Waals surface area (Å²) in [4.78, 5) is 1.16. The van der Waals surface area contributed by atoms with E-state index in [4.69, 9.17) is 5.73 Å². The third-order valence-electron chi connectivity index (χ3n) is 2.46. The molecule has 90 valence electrons. The third kappa shape index (κ3) is 2.68. The second kappa shape index (κ2) is 4.50. The lowest BCUT2D eigenvalue weighted by Crippen LogP contribution is -2.06. The lowest BCUT2D eigenvalue weighted by atomic mass is 10.2. The van der Waals surface area contributed by atoms with Crippen molar-refractivity contribution in [3.63, 3.8) is 0 Å². The highest BCUT2D eigenvalue weighted by Gasteiger charge is 2.18. The van der Waals surface area contributed by atoms with Gasteiger partial charge in [-0.2, -0.15) is 0 Å². The minimum Gasteiger partial charge on any atom is -0.399 e. The van der Waals surface area contributed by atoms with E-state index in [1.807, 2.05) is 17.5 Å². The first-order valence-electron chi connectivity index (χ1n) is 5.10. The van der Waals surface area contributed by atoms with Crippen LogP contribution in [0.15, 0.2) is 40.6 Å². The molecule has 0 saturated carbocycles. The Kier molecular flexibility index (Phi) is 3.22. The number of nitrogen functional groups attached to an aromatic ring is 1. The van der Waals surface area contributed by atoms with Gasteiger partial charge in [0.15, 0.2) is 9.84 Å². The molecule has 17 heavy (non-hydrogen) atoms. The van der Waals surface area contributed by atoms with Crippen LogP contribution in [0, 0.1) is 6.92 Å². The minimum atomic E-state index is -3.31. The Hall–Kier alpha value is -1.33. The molecule has 0 bridgehead atoms. The van der Waals surface area contributed by atoms with E-state index >= 15 is 0 Å². The Labute approximate surface area is 105 Å². The Morgan fingerprint density at radius 3 is 2.71 bits per heavy atom. The molecule has 0 saturated heterocycles. The highest BCUT2D eigenvalue weighted by Crippen LogP contribution is 2.24.